The van der Waals surface area contributed by atoms with Gasteiger partial charge in [-0.1, -0.05) is 24.3 Å². The number of aliphatic hydroxyl groups is 1. The first-order valence-electron chi connectivity index (χ1n) is 5.66. The first kappa shape index (κ1) is 14.3. The van der Waals surface area contributed by atoms with Crippen LogP contribution in [0.5, 0.6) is 11.5 Å². The van der Waals surface area contributed by atoms with Crippen LogP contribution in [0.4, 0.5) is 17.6 Å². The van der Waals surface area contributed by atoms with Crippen molar-refractivity contribution in [3.05, 3.63) is 59.4 Å². The van der Waals surface area contributed by atoms with Gasteiger partial charge < -0.3 is 9.84 Å². The molecular weight excluding hydrogens is 276 g/mol. The molecule has 0 spiro atoms. The van der Waals surface area contributed by atoms with Gasteiger partial charge in [-0.15, -0.1) is 0 Å². The Bertz CT molecular complexity index is 608. The van der Waals surface area contributed by atoms with Crippen LogP contribution in [0, 0.1) is 5.82 Å². The summed E-state index contributed by atoms with van der Waals surface area (Å²) in [4.78, 5) is 0. The Hall–Kier alpha value is -2.08. The molecule has 0 unspecified atom stereocenters. The van der Waals surface area contributed by atoms with Crippen LogP contribution in [0.3, 0.4) is 0 Å². The molecule has 106 valence electrons. The second kappa shape index (κ2) is 5.50. The predicted octanol–water partition coefficient (Wildman–Crippen LogP) is 4.13. The monoisotopic (exact) mass is 286 g/mol. The van der Waals surface area contributed by atoms with Crippen molar-refractivity contribution in [2.24, 2.45) is 0 Å². The molecule has 2 rings (SSSR count). The van der Waals surface area contributed by atoms with E-state index in [0.717, 1.165) is 18.2 Å². The number of hydrogen-bond acceptors (Lipinski definition) is 2. The van der Waals surface area contributed by atoms with Crippen molar-refractivity contribution in [1.82, 2.24) is 0 Å². The highest BCUT2D eigenvalue weighted by Gasteiger charge is 2.34. The Kier molecular flexibility index (Phi) is 3.94. The summed E-state index contributed by atoms with van der Waals surface area (Å²) in [5, 5.41) is 9.08. The highest BCUT2D eigenvalue weighted by atomic mass is 19.4. The molecule has 0 aromatic heterocycles. The number of aliphatic hydroxyl groups excluding tert-OH is 1. The van der Waals surface area contributed by atoms with Crippen LogP contribution in [-0.2, 0) is 12.8 Å². The number of alkyl halides is 3. The lowest BCUT2D eigenvalue weighted by Gasteiger charge is -2.15. The van der Waals surface area contributed by atoms with Crippen molar-refractivity contribution in [1.29, 1.82) is 0 Å². The summed E-state index contributed by atoms with van der Waals surface area (Å²) >= 11 is 0. The zero-order valence-corrected chi connectivity index (χ0v) is 10.1. The van der Waals surface area contributed by atoms with Crippen molar-refractivity contribution < 1.29 is 27.4 Å². The summed E-state index contributed by atoms with van der Waals surface area (Å²) in [7, 11) is 0. The van der Waals surface area contributed by atoms with E-state index in [-0.39, 0.29) is 5.56 Å². The van der Waals surface area contributed by atoms with Gasteiger partial charge in [0.25, 0.3) is 0 Å². The average Bonchev–Trinajstić information content (AvgIpc) is 2.40. The molecule has 20 heavy (non-hydrogen) atoms. The Morgan fingerprint density at radius 2 is 1.70 bits per heavy atom. The topological polar surface area (TPSA) is 29.5 Å². The fourth-order valence-corrected chi connectivity index (χ4v) is 1.69. The van der Waals surface area contributed by atoms with Crippen LogP contribution in [-0.4, -0.2) is 5.11 Å². The molecule has 0 atom stereocenters. The third-order valence-electron chi connectivity index (χ3n) is 2.62. The lowest BCUT2D eigenvalue weighted by molar-refractivity contribution is -0.138. The van der Waals surface area contributed by atoms with Gasteiger partial charge >= 0.3 is 6.18 Å². The first-order chi connectivity index (χ1) is 9.43. The average molecular weight is 286 g/mol. The minimum Gasteiger partial charge on any atom is -0.453 e. The van der Waals surface area contributed by atoms with Gasteiger partial charge in [0, 0.05) is 5.56 Å². The van der Waals surface area contributed by atoms with Gasteiger partial charge in [-0.05, 0) is 18.2 Å². The summed E-state index contributed by atoms with van der Waals surface area (Å²) in [5.74, 6) is -1.76. The molecule has 6 heteroatoms. The molecule has 0 amide bonds. The molecule has 1 N–H and O–H groups in total. The summed E-state index contributed by atoms with van der Waals surface area (Å²) in [6, 6.07) is 8.25. The molecule has 2 aromatic rings. The second-order valence-corrected chi connectivity index (χ2v) is 3.98. The minimum atomic E-state index is -4.61. The summed E-state index contributed by atoms with van der Waals surface area (Å²) < 4.78 is 57.1. The van der Waals surface area contributed by atoms with E-state index in [1.54, 1.807) is 0 Å². The highest BCUT2D eigenvalue weighted by Crippen LogP contribution is 2.39. The number of hydrogen-bond donors (Lipinski definition) is 1. The number of para-hydroxylation sites is 2. The fraction of sp³-hybridized carbons (Fsp3) is 0.143. The van der Waals surface area contributed by atoms with Crippen molar-refractivity contribution in [3.8, 4) is 11.5 Å². The van der Waals surface area contributed by atoms with E-state index in [2.05, 4.69) is 0 Å². The van der Waals surface area contributed by atoms with Gasteiger partial charge in [0.15, 0.2) is 11.6 Å². The molecule has 0 aliphatic rings. The van der Waals surface area contributed by atoms with Crippen molar-refractivity contribution >= 4 is 0 Å². The van der Waals surface area contributed by atoms with Crippen LogP contribution in [0.25, 0.3) is 0 Å². The normalized spacial score (nSPS) is 11.4. The largest absolute Gasteiger partial charge is 0.453 e. The lowest BCUT2D eigenvalue weighted by atomic mass is 10.1. The van der Waals surface area contributed by atoms with E-state index in [1.807, 2.05) is 0 Å². The maximum absolute atomic E-state index is 13.6. The third kappa shape index (κ3) is 2.91. The van der Waals surface area contributed by atoms with Gasteiger partial charge in [-0.25, -0.2) is 4.39 Å². The SMILES string of the molecule is OCc1cccc(F)c1Oc1ccccc1C(F)(F)F. The van der Waals surface area contributed by atoms with E-state index < -0.39 is 35.7 Å². The Morgan fingerprint density at radius 3 is 2.35 bits per heavy atom. The molecule has 2 nitrogen and oxygen atoms in total. The second-order valence-electron chi connectivity index (χ2n) is 3.98. The van der Waals surface area contributed by atoms with E-state index >= 15 is 0 Å². The minimum absolute atomic E-state index is 0.0713. The van der Waals surface area contributed by atoms with Gasteiger partial charge in [0.1, 0.15) is 5.75 Å². The number of benzene rings is 2. The van der Waals surface area contributed by atoms with E-state index in [1.165, 1.54) is 24.3 Å². The number of rotatable bonds is 3. The van der Waals surface area contributed by atoms with E-state index in [0.29, 0.717) is 0 Å². The standard InChI is InChI=1S/C14H10F4O2/c15-11-6-3-4-9(8-19)13(11)20-12-7-2-1-5-10(12)14(16,17)18/h1-7,19H,8H2. The van der Waals surface area contributed by atoms with Gasteiger partial charge in [0.05, 0.1) is 12.2 Å². The Morgan fingerprint density at radius 1 is 1.00 bits per heavy atom. The maximum Gasteiger partial charge on any atom is 0.419 e. The molecule has 2 aromatic carbocycles. The molecule has 0 saturated heterocycles. The quantitative estimate of drug-likeness (QED) is 0.860. The van der Waals surface area contributed by atoms with Crippen molar-refractivity contribution in [2.75, 3.05) is 0 Å². The molecular formula is C14H10F4O2. The third-order valence-corrected chi connectivity index (χ3v) is 2.62. The first-order valence-corrected chi connectivity index (χ1v) is 5.66. The zero-order valence-electron chi connectivity index (χ0n) is 10.1. The molecule has 0 radical (unpaired) electrons. The molecule has 0 aliphatic heterocycles. The van der Waals surface area contributed by atoms with Crippen LogP contribution in [0.15, 0.2) is 42.5 Å². The number of ether oxygens (including phenoxy) is 1. The summed E-state index contributed by atoms with van der Waals surface area (Å²) in [6.07, 6.45) is -4.61. The maximum atomic E-state index is 13.6. The molecule has 0 bridgehead atoms. The van der Waals surface area contributed by atoms with Gasteiger partial charge in [-0.2, -0.15) is 13.2 Å². The Labute approximate surface area is 112 Å². The molecule has 0 fully saturated rings. The summed E-state index contributed by atoms with van der Waals surface area (Å²) in [6.45, 7) is -0.540. The van der Waals surface area contributed by atoms with Gasteiger partial charge in [-0.3, -0.25) is 0 Å². The smallest absolute Gasteiger partial charge is 0.419 e. The highest BCUT2D eigenvalue weighted by molar-refractivity contribution is 5.43. The molecule has 0 saturated carbocycles. The van der Waals surface area contributed by atoms with E-state index in [9.17, 15) is 17.6 Å². The van der Waals surface area contributed by atoms with Crippen LogP contribution >= 0.6 is 0 Å². The lowest BCUT2D eigenvalue weighted by Crippen LogP contribution is -2.07. The fourth-order valence-electron chi connectivity index (χ4n) is 1.69. The van der Waals surface area contributed by atoms with Crippen molar-refractivity contribution in [3.63, 3.8) is 0 Å². The van der Waals surface area contributed by atoms with Crippen molar-refractivity contribution in [2.45, 2.75) is 12.8 Å². The zero-order chi connectivity index (χ0) is 14.8. The summed E-state index contributed by atoms with van der Waals surface area (Å²) in [5.41, 5.74) is -0.936. The van der Waals surface area contributed by atoms with Crippen LogP contribution in [0.1, 0.15) is 11.1 Å². The molecule has 0 aliphatic carbocycles. The van der Waals surface area contributed by atoms with Crippen LogP contribution in [0.2, 0.25) is 0 Å². The van der Waals surface area contributed by atoms with Crippen LogP contribution < -0.4 is 4.74 Å². The Balaban J connectivity index is 2.46. The number of halogens is 4. The van der Waals surface area contributed by atoms with E-state index in [4.69, 9.17) is 9.84 Å². The van der Waals surface area contributed by atoms with Gasteiger partial charge in [0.2, 0.25) is 0 Å². The predicted molar refractivity (Wildman–Crippen MR) is 63.8 cm³/mol. The molecule has 0 heterocycles.